The van der Waals surface area contributed by atoms with Crippen LogP contribution in [0.5, 0.6) is 11.5 Å². The second-order valence-corrected chi connectivity index (χ2v) is 5.75. The normalized spacial score (nSPS) is 11.2. The van der Waals surface area contributed by atoms with E-state index in [1.165, 1.54) is 25.5 Å². The topological polar surface area (TPSA) is 112 Å². The number of ether oxygens (including phenoxy) is 1. The molecule has 1 aromatic carbocycles. The summed E-state index contributed by atoms with van der Waals surface area (Å²) in [4.78, 5) is 26.7. The molecule has 3 rings (SSSR count). The summed E-state index contributed by atoms with van der Waals surface area (Å²) in [5.41, 5.74) is -2.04. The Hall–Kier alpha value is -3.96. The number of nitro benzene ring substituents is 1. The number of amides is 1. The van der Waals surface area contributed by atoms with Gasteiger partial charge in [0.25, 0.3) is 11.6 Å². The first-order valence-corrected chi connectivity index (χ1v) is 7.93. The Morgan fingerprint density at radius 3 is 2.59 bits per heavy atom. The molecule has 9 nitrogen and oxygen atoms in total. The lowest BCUT2D eigenvalue weighted by atomic mass is 10.2. The van der Waals surface area contributed by atoms with Crippen molar-refractivity contribution in [2.45, 2.75) is 6.18 Å². The van der Waals surface area contributed by atoms with Crippen LogP contribution in [0.2, 0.25) is 0 Å². The average molecular weight is 407 g/mol. The predicted molar refractivity (Wildman–Crippen MR) is 93.6 cm³/mol. The van der Waals surface area contributed by atoms with Gasteiger partial charge < -0.3 is 10.1 Å². The number of nitro groups is 1. The summed E-state index contributed by atoms with van der Waals surface area (Å²) in [5.74, 6) is -0.599. The Labute approximate surface area is 160 Å². The Balaban J connectivity index is 1.89. The molecule has 2 aromatic heterocycles. The van der Waals surface area contributed by atoms with Crippen molar-refractivity contribution in [1.29, 1.82) is 0 Å². The molecular formula is C17H12F3N5O4. The van der Waals surface area contributed by atoms with Gasteiger partial charge in [-0.05, 0) is 12.1 Å². The van der Waals surface area contributed by atoms with Gasteiger partial charge in [0.2, 0.25) is 0 Å². The van der Waals surface area contributed by atoms with Crippen LogP contribution in [-0.2, 0) is 13.2 Å². The zero-order valence-corrected chi connectivity index (χ0v) is 14.7. The van der Waals surface area contributed by atoms with Crippen LogP contribution in [0.3, 0.4) is 0 Å². The summed E-state index contributed by atoms with van der Waals surface area (Å²) in [6.45, 7) is 0. The van der Waals surface area contributed by atoms with E-state index < -0.39 is 22.7 Å². The minimum atomic E-state index is -4.72. The number of carbonyl (C=O) groups excluding carboxylic acids is 1. The summed E-state index contributed by atoms with van der Waals surface area (Å²) < 4.78 is 44.6. The fourth-order valence-electron chi connectivity index (χ4n) is 2.38. The van der Waals surface area contributed by atoms with Crippen LogP contribution < -0.4 is 10.1 Å². The van der Waals surface area contributed by atoms with Crippen molar-refractivity contribution in [3.05, 3.63) is 70.3 Å². The highest BCUT2D eigenvalue weighted by Gasteiger charge is 2.35. The van der Waals surface area contributed by atoms with E-state index in [1.54, 1.807) is 12.1 Å². The maximum absolute atomic E-state index is 12.8. The predicted octanol–water partition coefficient (Wildman–Crippen LogP) is 3.79. The van der Waals surface area contributed by atoms with Gasteiger partial charge in [0, 0.05) is 31.4 Å². The lowest BCUT2D eigenvalue weighted by Crippen LogP contribution is -2.16. The molecule has 0 spiro atoms. The number of nitrogens with zero attached hydrogens (tertiary/aromatic N) is 4. The first kappa shape index (κ1) is 19.8. The Kier molecular flexibility index (Phi) is 5.17. The molecule has 29 heavy (non-hydrogen) atoms. The Bertz CT molecular complexity index is 1070. The van der Waals surface area contributed by atoms with Crippen molar-refractivity contribution in [2.75, 3.05) is 5.32 Å². The van der Waals surface area contributed by atoms with Crippen molar-refractivity contribution in [1.82, 2.24) is 14.8 Å². The highest BCUT2D eigenvalue weighted by atomic mass is 19.4. The van der Waals surface area contributed by atoms with Crippen LogP contribution in [0.25, 0.3) is 0 Å². The van der Waals surface area contributed by atoms with Crippen LogP contribution in [0, 0.1) is 10.1 Å². The molecular weight excluding hydrogens is 395 g/mol. The van der Waals surface area contributed by atoms with Gasteiger partial charge in [-0.3, -0.25) is 24.6 Å². The molecule has 0 bridgehead atoms. The number of aromatic nitrogens is 3. The quantitative estimate of drug-likeness (QED) is 0.509. The third-order valence-corrected chi connectivity index (χ3v) is 3.63. The SMILES string of the molecule is Cn1nc(C(F)(F)F)cc1C(=O)Nc1cc(Oc2cccnc2)cc([N+](=O)[O-])c1. The molecule has 150 valence electrons. The van der Waals surface area contributed by atoms with Gasteiger partial charge in [0.05, 0.1) is 22.9 Å². The van der Waals surface area contributed by atoms with E-state index >= 15 is 0 Å². The molecule has 0 saturated carbocycles. The van der Waals surface area contributed by atoms with Gasteiger partial charge in [-0.1, -0.05) is 0 Å². The number of carbonyl (C=O) groups is 1. The highest BCUT2D eigenvalue weighted by Crippen LogP contribution is 2.31. The zero-order valence-electron chi connectivity index (χ0n) is 14.7. The molecule has 0 aliphatic rings. The third-order valence-electron chi connectivity index (χ3n) is 3.63. The molecule has 0 aliphatic heterocycles. The van der Waals surface area contributed by atoms with Crippen molar-refractivity contribution in [3.63, 3.8) is 0 Å². The van der Waals surface area contributed by atoms with Gasteiger partial charge in [-0.25, -0.2) is 0 Å². The number of non-ortho nitro benzene ring substituents is 1. The van der Waals surface area contributed by atoms with Crippen molar-refractivity contribution in [2.24, 2.45) is 7.05 Å². The van der Waals surface area contributed by atoms with Gasteiger partial charge in [0.1, 0.15) is 17.2 Å². The van der Waals surface area contributed by atoms with Gasteiger partial charge in [-0.2, -0.15) is 18.3 Å². The van der Waals surface area contributed by atoms with Crippen molar-refractivity contribution < 1.29 is 27.6 Å². The van der Waals surface area contributed by atoms with E-state index in [0.29, 0.717) is 11.8 Å². The van der Waals surface area contributed by atoms with Crippen LogP contribution >= 0.6 is 0 Å². The largest absolute Gasteiger partial charge is 0.455 e. The Morgan fingerprint density at radius 2 is 2.00 bits per heavy atom. The number of nitrogens with one attached hydrogen (secondary N) is 1. The molecule has 3 aromatic rings. The van der Waals surface area contributed by atoms with Crippen LogP contribution in [0.4, 0.5) is 24.5 Å². The summed E-state index contributed by atoms with van der Waals surface area (Å²) in [6, 6.07) is 7.22. The summed E-state index contributed by atoms with van der Waals surface area (Å²) in [6.07, 6.45) is -1.83. The number of benzene rings is 1. The first-order chi connectivity index (χ1) is 13.6. The van der Waals surface area contributed by atoms with Gasteiger partial charge >= 0.3 is 6.18 Å². The average Bonchev–Trinajstić information content (AvgIpc) is 3.04. The molecule has 0 aliphatic carbocycles. The van der Waals surface area contributed by atoms with E-state index in [-0.39, 0.29) is 22.8 Å². The van der Waals surface area contributed by atoms with E-state index in [0.717, 1.165) is 16.8 Å². The molecule has 0 radical (unpaired) electrons. The third kappa shape index (κ3) is 4.66. The number of halogens is 3. The van der Waals surface area contributed by atoms with E-state index in [4.69, 9.17) is 4.74 Å². The molecule has 12 heteroatoms. The number of alkyl halides is 3. The van der Waals surface area contributed by atoms with Crippen LogP contribution in [-0.4, -0.2) is 25.6 Å². The number of aryl methyl sites for hydroxylation is 1. The zero-order chi connectivity index (χ0) is 21.2. The molecule has 2 heterocycles. The number of anilines is 1. The highest BCUT2D eigenvalue weighted by molar-refractivity contribution is 6.03. The Morgan fingerprint density at radius 1 is 1.24 bits per heavy atom. The van der Waals surface area contributed by atoms with E-state index in [9.17, 15) is 28.1 Å². The van der Waals surface area contributed by atoms with Crippen LogP contribution in [0.1, 0.15) is 16.2 Å². The van der Waals surface area contributed by atoms with E-state index in [1.807, 2.05) is 0 Å². The smallest absolute Gasteiger partial charge is 0.435 e. The number of pyridine rings is 1. The minimum Gasteiger partial charge on any atom is -0.455 e. The van der Waals surface area contributed by atoms with Gasteiger partial charge in [-0.15, -0.1) is 0 Å². The molecule has 1 N–H and O–H groups in total. The summed E-state index contributed by atoms with van der Waals surface area (Å²) in [5, 5.41) is 16.7. The molecule has 0 saturated heterocycles. The minimum absolute atomic E-state index is 0.0310. The molecule has 0 atom stereocenters. The second-order valence-electron chi connectivity index (χ2n) is 5.75. The number of rotatable bonds is 5. The fourth-order valence-corrected chi connectivity index (χ4v) is 2.38. The lowest BCUT2D eigenvalue weighted by Gasteiger charge is -2.09. The summed E-state index contributed by atoms with van der Waals surface area (Å²) in [7, 11) is 1.18. The summed E-state index contributed by atoms with van der Waals surface area (Å²) >= 11 is 0. The number of hydrogen-bond donors (Lipinski definition) is 1. The first-order valence-electron chi connectivity index (χ1n) is 7.93. The van der Waals surface area contributed by atoms with Gasteiger partial charge in [0.15, 0.2) is 5.69 Å². The molecule has 0 unspecified atom stereocenters. The lowest BCUT2D eigenvalue weighted by molar-refractivity contribution is -0.384. The van der Waals surface area contributed by atoms with Crippen LogP contribution in [0.15, 0.2) is 48.8 Å². The second kappa shape index (κ2) is 7.58. The maximum atomic E-state index is 12.8. The molecule has 0 fully saturated rings. The number of hydrogen-bond acceptors (Lipinski definition) is 6. The van der Waals surface area contributed by atoms with Crippen molar-refractivity contribution in [3.8, 4) is 11.5 Å². The van der Waals surface area contributed by atoms with Crippen molar-refractivity contribution >= 4 is 17.3 Å². The monoisotopic (exact) mass is 407 g/mol. The van der Waals surface area contributed by atoms with E-state index in [2.05, 4.69) is 15.4 Å². The fraction of sp³-hybridized carbons (Fsp3) is 0.118. The maximum Gasteiger partial charge on any atom is 0.435 e. The molecule has 1 amide bonds. The standard InChI is InChI=1S/C17H12F3N5O4/c1-24-14(8-15(23-24)17(18,19)20)16(26)22-10-5-11(25(27)28)7-13(6-10)29-12-3-2-4-21-9-12/h2-9H,1H3,(H,22,26).